The lowest BCUT2D eigenvalue weighted by Gasteiger charge is -2.26. The van der Waals surface area contributed by atoms with Gasteiger partial charge in [0.05, 0.1) is 11.8 Å². The fourth-order valence-electron chi connectivity index (χ4n) is 2.41. The van der Waals surface area contributed by atoms with E-state index in [4.69, 9.17) is 26.2 Å². The molecule has 6 nitrogen and oxygen atoms in total. The summed E-state index contributed by atoms with van der Waals surface area (Å²) < 4.78 is 7.38. The van der Waals surface area contributed by atoms with E-state index in [1.165, 1.54) is 6.33 Å². The molecule has 2 aromatic heterocycles. The minimum Gasteiger partial charge on any atom is -0.407 e. The zero-order valence-corrected chi connectivity index (χ0v) is 10.2. The van der Waals surface area contributed by atoms with Crippen LogP contribution in [0.25, 0.3) is 5.52 Å². The molecule has 1 fully saturated rings. The summed E-state index contributed by atoms with van der Waals surface area (Å²) in [6.45, 7) is 0. The fourth-order valence-corrected chi connectivity index (χ4v) is 2.41. The Balaban J connectivity index is 1.92. The maximum atomic E-state index is 9.57. The van der Waals surface area contributed by atoms with Gasteiger partial charge < -0.3 is 15.6 Å². The molecule has 0 aromatic carbocycles. The number of aromatic nitrogens is 3. The van der Waals surface area contributed by atoms with Gasteiger partial charge in [-0.25, -0.2) is 9.50 Å². The maximum absolute atomic E-state index is 9.57. The molecule has 3 rings (SSSR count). The molecule has 3 heterocycles. The van der Waals surface area contributed by atoms with Gasteiger partial charge in [-0.3, -0.25) is 0 Å². The molecule has 0 saturated carbocycles. The van der Waals surface area contributed by atoms with E-state index in [9.17, 15) is 5.11 Å². The van der Waals surface area contributed by atoms with Crippen molar-refractivity contribution in [1.82, 2.24) is 14.6 Å². The van der Waals surface area contributed by atoms with Gasteiger partial charge in [-0.05, 0) is 25.0 Å². The average Bonchev–Trinajstić information content (AvgIpc) is 2.93. The lowest BCUT2D eigenvalue weighted by molar-refractivity contribution is -0.0235. The molecule has 1 saturated heterocycles. The van der Waals surface area contributed by atoms with Crippen LogP contribution >= 0.6 is 0 Å². The fraction of sp³-hybridized carbons (Fsp3) is 0.455. The first-order chi connectivity index (χ1) is 8.97. The van der Waals surface area contributed by atoms with Crippen molar-refractivity contribution in [2.24, 2.45) is 0 Å². The van der Waals surface area contributed by atoms with Gasteiger partial charge >= 0.3 is 0 Å². The quantitative estimate of drug-likeness (QED) is 0.706. The highest BCUT2D eigenvalue weighted by Crippen LogP contribution is 2.36. The third kappa shape index (κ3) is 2.11. The first kappa shape index (κ1) is 12.5. The molecule has 2 atom stereocenters. The van der Waals surface area contributed by atoms with Gasteiger partial charge in [0.1, 0.15) is 33.6 Å². The van der Waals surface area contributed by atoms with Crippen LogP contribution in [0.2, 0.25) is 0 Å². The van der Waals surface area contributed by atoms with Gasteiger partial charge in [-0.1, -0.05) is 0 Å². The van der Waals surface area contributed by atoms with Gasteiger partial charge in [0.15, 0.2) is 5.82 Å². The Morgan fingerprint density at radius 3 is 2.89 bits per heavy atom. The van der Waals surface area contributed by atoms with Gasteiger partial charge in [0.2, 0.25) is 0 Å². The average molecular weight is 254 g/mol. The van der Waals surface area contributed by atoms with Crippen LogP contribution in [0, 0.1) is 0 Å². The summed E-state index contributed by atoms with van der Waals surface area (Å²) in [5, 5.41) is 11.9. The Labute approximate surface area is 112 Å². The Bertz CT molecular complexity index is 610. The Morgan fingerprint density at radius 2 is 2.21 bits per heavy atom. The smallest absolute Gasteiger partial charge is 0.151 e. The lowest BCUT2D eigenvalue weighted by Crippen LogP contribution is -2.43. The van der Waals surface area contributed by atoms with Crippen LogP contribution in [-0.4, -0.2) is 46.9 Å². The van der Waals surface area contributed by atoms with Crippen molar-refractivity contribution < 1.29 is 9.84 Å². The third-order valence-corrected chi connectivity index (χ3v) is 3.38. The highest BCUT2D eigenvalue weighted by atomic mass is 16.5. The number of fused-ring (bicyclic) bond motifs is 1. The minimum atomic E-state index is -1.82. The van der Waals surface area contributed by atoms with E-state index in [1.54, 1.807) is 4.52 Å². The largest absolute Gasteiger partial charge is 0.407 e. The molecule has 0 bridgehead atoms. The van der Waals surface area contributed by atoms with Crippen molar-refractivity contribution in [3.05, 3.63) is 24.2 Å². The van der Waals surface area contributed by atoms with Crippen molar-refractivity contribution in [3.63, 3.8) is 0 Å². The number of aliphatic hydroxyl groups is 1. The van der Waals surface area contributed by atoms with Crippen LogP contribution in [0.3, 0.4) is 0 Å². The van der Waals surface area contributed by atoms with Crippen LogP contribution in [0.4, 0.5) is 5.82 Å². The first-order valence-corrected chi connectivity index (χ1v) is 6.00. The summed E-state index contributed by atoms with van der Waals surface area (Å²) in [5.74, 6) is 0.407. The molecule has 1 aliphatic heterocycles. The second-order valence-electron chi connectivity index (χ2n) is 4.78. The van der Waals surface area contributed by atoms with Crippen molar-refractivity contribution >= 4 is 27.0 Å². The topological polar surface area (TPSA) is 85.7 Å². The number of ether oxygens (including phenoxy) is 1. The Hall–Kier alpha value is -1.53. The van der Waals surface area contributed by atoms with E-state index >= 15 is 0 Å². The maximum Gasteiger partial charge on any atom is 0.151 e. The monoisotopic (exact) mass is 254 g/mol. The summed E-state index contributed by atoms with van der Waals surface area (Å²) in [5.41, 5.74) is 7.34. The van der Waals surface area contributed by atoms with Crippen LogP contribution in [0.15, 0.2) is 18.5 Å². The molecule has 19 heavy (non-hydrogen) atoms. The number of anilines is 1. The van der Waals surface area contributed by atoms with E-state index in [-0.39, 0.29) is 6.10 Å². The zero-order chi connectivity index (χ0) is 13.6. The third-order valence-electron chi connectivity index (χ3n) is 3.38. The van der Waals surface area contributed by atoms with Crippen molar-refractivity contribution in [1.29, 1.82) is 0 Å². The molecule has 2 unspecified atom stereocenters. The molecule has 0 amide bonds. The number of nitrogens with zero attached hydrogens (tertiary/aromatic N) is 3. The highest BCUT2D eigenvalue weighted by molar-refractivity contribution is 6.39. The van der Waals surface area contributed by atoms with E-state index < -0.39 is 11.5 Å². The van der Waals surface area contributed by atoms with E-state index in [2.05, 4.69) is 10.1 Å². The molecule has 0 spiro atoms. The summed E-state index contributed by atoms with van der Waals surface area (Å²) >= 11 is 0. The van der Waals surface area contributed by atoms with Crippen molar-refractivity contribution in [2.45, 2.75) is 30.4 Å². The summed E-state index contributed by atoms with van der Waals surface area (Å²) in [6.07, 6.45) is 1.86. The van der Waals surface area contributed by atoms with Crippen molar-refractivity contribution in [2.75, 3.05) is 5.73 Å². The van der Waals surface area contributed by atoms with Crippen LogP contribution in [-0.2, 0) is 4.74 Å². The van der Waals surface area contributed by atoms with Gasteiger partial charge in [-0.2, -0.15) is 5.10 Å². The summed E-state index contributed by atoms with van der Waals surface area (Å²) in [7, 11) is 10.9. The molecule has 0 aliphatic carbocycles. The van der Waals surface area contributed by atoms with E-state index in [1.807, 2.05) is 12.1 Å². The predicted molar refractivity (Wildman–Crippen MR) is 70.7 cm³/mol. The SMILES string of the molecule is [B]C([B])(O)C1CCC(c2ccc3c(N)ncnn23)O1. The minimum absolute atomic E-state index is 0.222. The predicted octanol–water partition coefficient (Wildman–Crippen LogP) is -0.485. The number of nitrogens with two attached hydrogens (primary N) is 1. The molecular formula is C11H12B2N4O2. The van der Waals surface area contributed by atoms with Gasteiger partial charge in [0, 0.05) is 5.40 Å². The van der Waals surface area contributed by atoms with E-state index in [0.717, 1.165) is 11.2 Å². The Morgan fingerprint density at radius 1 is 1.42 bits per heavy atom. The molecule has 3 N–H and O–H groups in total. The standard InChI is InChI=1S/C11H12B2N4O2/c12-11(13,18)9-4-3-8(19-9)6-1-2-7-10(14)15-5-16-17(6)7/h1-2,5,8-9,18H,3-4H2,(H2,14,15,16). The van der Waals surface area contributed by atoms with Crippen LogP contribution in [0.1, 0.15) is 24.6 Å². The highest BCUT2D eigenvalue weighted by Gasteiger charge is 2.36. The number of nitrogen functional groups attached to an aromatic ring is 1. The number of hydrogen-bond donors (Lipinski definition) is 2. The van der Waals surface area contributed by atoms with Gasteiger partial charge in [0.25, 0.3) is 0 Å². The normalized spacial score (nSPS) is 24.1. The molecule has 4 radical (unpaired) electrons. The molecular weight excluding hydrogens is 242 g/mol. The van der Waals surface area contributed by atoms with Crippen LogP contribution < -0.4 is 5.73 Å². The molecule has 2 aromatic rings. The Kier molecular flexibility index (Phi) is 2.79. The molecule has 94 valence electrons. The molecule has 1 aliphatic rings. The van der Waals surface area contributed by atoms with Crippen molar-refractivity contribution in [3.8, 4) is 0 Å². The summed E-state index contributed by atoms with van der Waals surface area (Å²) in [6, 6.07) is 3.71. The second kappa shape index (κ2) is 4.25. The first-order valence-electron chi connectivity index (χ1n) is 6.00. The molecule has 8 heteroatoms. The number of hydrogen-bond acceptors (Lipinski definition) is 5. The van der Waals surface area contributed by atoms with E-state index in [0.29, 0.717) is 18.7 Å². The second-order valence-corrected chi connectivity index (χ2v) is 4.78. The van der Waals surface area contributed by atoms with Gasteiger partial charge in [-0.15, -0.1) is 0 Å². The van der Waals surface area contributed by atoms with Crippen LogP contribution in [0.5, 0.6) is 0 Å². The zero-order valence-electron chi connectivity index (χ0n) is 10.2. The number of rotatable bonds is 2. The lowest BCUT2D eigenvalue weighted by atomic mass is 9.61. The summed E-state index contributed by atoms with van der Waals surface area (Å²) in [4.78, 5) is 3.93.